The molecule has 92 valence electrons. The molecule has 0 bridgehead atoms. The fourth-order valence-corrected chi connectivity index (χ4v) is 1.84. The first-order chi connectivity index (χ1) is 8.00. The summed E-state index contributed by atoms with van der Waals surface area (Å²) in [6.45, 7) is 0. The summed E-state index contributed by atoms with van der Waals surface area (Å²) in [5.74, 6) is -4.12. The van der Waals surface area contributed by atoms with E-state index in [1.807, 2.05) is 0 Å². The second-order valence-corrected chi connectivity index (χ2v) is 3.74. The number of carbonyl (C=O) groups is 1. The molecule has 0 spiro atoms. The third-order valence-electron chi connectivity index (χ3n) is 2.67. The van der Waals surface area contributed by atoms with Gasteiger partial charge in [-0.05, 0) is 6.07 Å². The number of nitrogens with one attached hydrogen (secondary N) is 2. The lowest BCUT2D eigenvalue weighted by atomic mass is 9.93. The van der Waals surface area contributed by atoms with E-state index in [-0.39, 0.29) is 5.56 Å². The molecular formula is C10H10F2N2O3. The maximum absolute atomic E-state index is 13.5. The number of carboxylic acids is 1. The first-order valence-electron chi connectivity index (χ1n) is 4.87. The normalized spacial score (nSPS) is 28.3. The van der Waals surface area contributed by atoms with Crippen LogP contribution in [0.3, 0.4) is 0 Å². The monoisotopic (exact) mass is 244 g/mol. The van der Waals surface area contributed by atoms with E-state index in [9.17, 15) is 18.7 Å². The van der Waals surface area contributed by atoms with Crippen LogP contribution in [0, 0.1) is 17.6 Å². The van der Waals surface area contributed by atoms with E-state index >= 15 is 0 Å². The van der Waals surface area contributed by atoms with Crippen LogP contribution < -0.4 is 10.9 Å². The molecule has 3 atom stereocenters. The van der Waals surface area contributed by atoms with Crippen LogP contribution in [0.5, 0.6) is 0 Å². The average molecular weight is 244 g/mol. The molecule has 0 amide bonds. The molecule has 0 aliphatic carbocycles. The summed E-state index contributed by atoms with van der Waals surface area (Å²) in [7, 11) is 0. The Morgan fingerprint density at radius 2 is 2.00 bits per heavy atom. The van der Waals surface area contributed by atoms with E-state index in [2.05, 4.69) is 10.9 Å². The lowest BCUT2D eigenvalue weighted by molar-refractivity contribution is -0.145. The predicted octanol–water partition coefficient (Wildman–Crippen LogP) is 0.133. The summed E-state index contributed by atoms with van der Waals surface area (Å²) in [6.07, 6.45) is -1.33. The number of hydrogen-bond acceptors (Lipinski definition) is 4. The smallest absolute Gasteiger partial charge is 0.312 e. The molecule has 1 aliphatic heterocycles. The number of aliphatic hydroxyl groups excluding tert-OH is 1. The van der Waals surface area contributed by atoms with Crippen molar-refractivity contribution in [2.24, 2.45) is 5.92 Å². The number of hydrazine groups is 1. The van der Waals surface area contributed by atoms with Gasteiger partial charge < -0.3 is 10.2 Å². The van der Waals surface area contributed by atoms with Crippen LogP contribution in [-0.4, -0.2) is 22.4 Å². The van der Waals surface area contributed by atoms with Crippen molar-refractivity contribution in [3.63, 3.8) is 0 Å². The van der Waals surface area contributed by atoms with Gasteiger partial charge in [0.2, 0.25) is 0 Å². The molecule has 1 saturated heterocycles. The van der Waals surface area contributed by atoms with Crippen LogP contribution in [0.15, 0.2) is 18.2 Å². The Kier molecular flexibility index (Phi) is 3.05. The highest BCUT2D eigenvalue weighted by Gasteiger charge is 2.42. The van der Waals surface area contributed by atoms with Crippen LogP contribution in [0.1, 0.15) is 11.6 Å². The van der Waals surface area contributed by atoms with Gasteiger partial charge in [-0.2, -0.15) is 0 Å². The van der Waals surface area contributed by atoms with Gasteiger partial charge >= 0.3 is 5.97 Å². The fourth-order valence-electron chi connectivity index (χ4n) is 1.84. The molecule has 2 rings (SSSR count). The molecule has 1 aliphatic rings. The number of hydrogen-bond donors (Lipinski definition) is 4. The number of benzene rings is 1. The van der Waals surface area contributed by atoms with Crippen molar-refractivity contribution in [3.8, 4) is 0 Å². The molecule has 1 aromatic rings. The lowest BCUT2D eigenvalue weighted by Gasteiger charge is -2.16. The first kappa shape index (κ1) is 11.9. The summed E-state index contributed by atoms with van der Waals surface area (Å²) in [5.41, 5.74) is 4.77. The molecular weight excluding hydrogens is 234 g/mol. The second kappa shape index (κ2) is 4.36. The van der Waals surface area contributed by atoms with Crippen LogP contribution >= 0.6 is 0 Å². The highest BCUT2D eigenvalue weighted by Crippen LogP contribution is 2.29. The SMILES string of the molecule is O=C(O)C1C(O)NNC1c1ccc(F)cc1F. The standard InChI is InChI=1S/C10H10F2N2O3/c11-4-1-2-5(6(12)3-4)8-7(10(16)17)9(15)14-13-8/h1-3,7-9,13-15H,(H,16,17). The minimum Gasteiger partial charge on any atom is -0.481 e. The predicted molar refractivity (Wildman–Crippen MR) is 52.5 cm³/mol. The highest BCUT2D eigenvalue weighted by molar-refractivity contribution is 5.72. The second-order valence-electron chi connectivity index (χ2n) is 3.74. The van der Waals surface area contributed by atoms with Gasteiger partial charge in [0.05, 0.1) is 6.04 Å². The lowest BCUT2D eigenvalue weighted by Crippen LogP contribution is -2.33. The topological polar surface area (TPSA) is 81.6 Å². The number of aliphatic hydroxyl groups is 1. The van der Waals surface area contributed by atoms with Crippen molar-refractivity contribution < 1.29 is 23.8 Å². The zero-order chi connectivity index (χ0) is 12.6. The number of halogens is 2. The maximum Gasteiger partial charge on any atom is 0.312 e. The van der Waals surface area contributed by atoms with E-state index in [0.717, 1.165) is 12.1 Å². The molecule has 17 heavy (non-hydrogen) atoms. The fraction of sp³-hybridized carbons (Fsp3) is 0.300. The molecule has 1 heterocycles. The van der Waals surface area contributed by atoms with E-state index in [4.69, 9.17) is 5.11 Å². The van der Waals surface area contributed by atoms with Crippen LogP contribution in [0.25, 0.3) is 0 Å². The third-order valence-corrected chi connectivity index (χ3v) is 2.67. The Morgan fingerprint density at radius 1 is 1.29 bits per heavy atom. The Bertz CT molecular complexity index is 455. The number of rotatable bonds is 2. The van der Waals surface area contributed by atoms with Gasteiger partial charge in [-0.3, -0.25) is 4.79 Å². The first-order valence-corrected chi connectivity index (χ1v) is 4.87. The molecule has 7 heteroatoms. The summed E-state index contributed by atoms with van der Waals surface area (Å²) in [5, 5.41) is 18.3. The molecule has 5 nitrogen and oxygen atoms in total. The summed E-state index contributed by atoms with van der Waals surface area (Å²) >= 11 is 0. The van der Waals surface area contributed by atoms with Gasteiger partial charge in [-0.25, -0.2) is 19.6 Å². The van der Waals surface area contributed by atoms with Crippen LogP contribution in [0.2, 0.25) is 0 Å². The van der Waals surface area contributed by atoms with Crippen molar-refractivity contribution in [2.45, 2.75) is 12.3 Å². The average Bonchev–Trinajstić information content (AvgIpc) is 2.60. The van der Waals surface area contributed by atoms with Gasteiger partial charge in [0, 0.05) is 11.6 Å². The zero-order valence-electron chi connectivity index (χ0n) is 8.52. The zero-order valence-corrected chi connectivity index (χ0v) is 8.52. The molecule has 4 N–H and O–H groups in total. The molecule has 0 aromatic heterocycles. The van der Waals surface area contributed by atoms with E-state index in [1.54, 1.807) is 0 Å². The maximum atomic E-state index is 13.5. The van der Waals surface area contributed by atoms with E-state index in [0.29, 0.717) is 6.07 Å². The van der Waals surface area contributed by atoms with Crippen LogP contribution in [-0.2, 0) is 4.79 Å². The van der Waals surface area contributed by atoms with Crippen molar-refractivity contribution in [1.29, 1.82) is 0 Å². The molecule has 1 fully saturated rings. The van der Waals surface area contributed by atoms with E-state index in [1.165, 1.54) is 0 Å². The van der Waals surface area contributed by atoms with Gasteiger partial charge in [0.1, 0.15) is 23.8 Å². The largest absolute Gasteiger partial charge is 0.481 e. The van der Waals surface area contributed by atoms with Gasteiger partial charge in [0.15, 0.2) is 0 Å². The minimum absolute atomic E-state index is 0.0112. The van der Waals surface area contributed by atoms with Crippen molar-refractivity contribution >= 4 is 5.97 Å². The van der Waals surface area contributed by atoms with Crippen LogP contribution in [0.4, 0.5) is 8.78 Å². The van der Waals surface area contributed by atoms with Crippen molar-refractivity contribution in [3.05, 3.63) is 35.4 Å². The van der Waals surface area contributed by atoms with Gasteiger partial charge in [-0.15, -0.1) is 0 Å². The summed E-state index contributed by atoms with van der Waals surface area (Å²) < 4.78 is 26.2. The Labute approximate surface area is 95.0 Å². The Hall–Kier alpha value is -1.57. The summed E-state index contributed by atoms with van der Waals surface area (Å²) in [4.78, 5) is 10.9. The van der Waals surface area contributed by atoms with Crippen molar-refractivity contribution in [1.82, 2.24) is 10.9 Å². The third kappa shape index (κ3) is 2.12. The molecule has 0 saturated carbocycles. The van der Waals surface area contributed by atoms with Gasteiger partial charge in [-0.1, -0.05) is 6.07 Å². The minimum atomic E-state index is -1.33. The number of carboxylic acid groups (broad SMARTS) is 1. The Morgan fingerprint density at radius 3 is 2.59 bits per heavy atom. The van der Waals surface area contributed by atoms with E-state index < -0.39 is 35.8 Å². The quantitative estimate of drug-likeness (QED) is 0.594. The number of aliphatic carboxylic acids is 1. The molecule has 3 unspecified atom stereocenters. The highest BCUT2D eigenvalue weighted by atomic mass is 19.1. The Balaban J connectivity index is 2.36. The molecule has 1 aromatic carbocycles. The van der Waals surface area contributed by atoms with Gasteiger partial charge in [0.25, 0.3) is 0 Å². The van der Waals surface area contributed by atoms with Crippen molar-refractivity contribution in [2.75, 3.05) is 0 Å². The summed E-state index contributed by atoms with van der Waals surface area (Å²) in [6, 6.07) is 1.89. The molecule has 0 radical (unpaired) electrons.